The molecule has 0 fully saturated rings. The number of benzene rings is 2. The minimum Gasteiger partial charge on any atom is -0.480 e. The van der Waals surface area contributed by atoms with E-state index in [1.165, 1.54) is 0 Å². The summed E-state index contributed by atoms with van der Waals surface area (Å²) in [5, 5.41) is 17.5. The van der Waals surface area contributed by atoms with Gasteiger partial charge in [-0.15, -0.1) is 21.5 Å². The highest BCUT2D eigenvalue weighted by atomic mass is 32.1. The Morgan fingerprint density at radius 2 is 1.89 bits per heavy atom. The Morgan fingerprint density at radius 1 is 1.11 bits per heavy atom. The van der Waals surface area contributed by atoms with Crippen LogP contribution < -0.4 is 5.73 Å². The Hall–Kier alpha value is -3.10. The summed E-state index contributed by atoms with van der Waals surface area (Å²) in [7, 11) is 0. The lowest BCUT2D eigenvalue weighted by atomic mass is 10.1. The van der Waals surface area contributed by atoms with Gasteiger partial charge in [0, 0.05) is 0 Å². The van der Waals surface area contributed by atoms with E-state index in [2.05, 4.69) is 39.4 Å². The molecule has 1 unspecified atom stereocenters. The van der Waals surface area contributed by atoms with E-state index in [0.717, 1.165) is 26.4 Å². The Kier molecular flexibility index (Phi) is 4.66. The molecule has 1 atom stereocenters. The number of aromatic nitrogens is 3. The smallest absolute Gasteiger partial charge is 0.321 e. The van der Waals surface area contributed by atoms with Gasteiger partial charge in [-0.25, -0.2) is 4.98 Å². The average Bonchev–Trinajstić information content (AvgIpc) is 3.28. The van der Waals surface area contributed by atoms with Gasteiger partial charge < -0.3 is 15.3 Å². The lowest BCUT2D eigenvalue weighted by Crippen LogP contribution is -2.32. The monoisotopic (exact) mass is 380 g/mol. The van der Waals surface area contributed by atoms with Gasteiger partial charge in [-0.2, -0.15) is 0 Å². The number of nitrogens with zero attached hydrogens (tertiary/aromatic N) is 3. The average molecular weight is 380 g/mol. The molecule has 0 aliphatic carbocycles. The SMILES string of the molecule is NC(Cc1nnc(Cc2nc3ccc(-c4ccccc4)cc3s2)o1)C(=O)O. The maximum absolute atomic E-state index is 10.8. The first kappa shape index (κ1) is 17.3. The third kappa shape index (κ3) is 3.86. The first-order valence-corrected chi connectivity index (χ1v) is 9.14. The van der Waals surface area contributed by atoms with Crippen LogP contribution in [0, 0.1) is 0 Å². The summed E-state index contributed by atoms with van der Waals surface area (Å²) in [6.07, 6.45) is 0.401. The molecular weight excluding hydrogens is 364 g/mol. The summed E-state index contributed by atoms with van der Waals surface area (Å²) in [5.41, 5.74) is 8.70. The molecule has 0 aliphatic rings. The van der Waals surface area contributed by atoms with Crippen molar-refractivity contribution in [3.8, 4) is 11.1 Å². The second kappa shape index (κ2) is 7.26. The zero-order valence-electron chi connectivity index (χ0n) is 14.2. The van der Waals surface area contributed by atoms with Gasteiger partial charge in [-0.05, 0) is 23.3 Å². The van der Waals surface area contributed by atoms with Crippen molar-refractivity contribution in [1.82, 2.24) is 15.2 Å². The van der Waals surface area contributed by atoms with Crippen LogP contribution in [0.3, 0.4) is 0 Å². The molecule has 3 N–H and O–H groups in total. The van der Waals surface area contributed by atoms with Crippen molar-refractivity contribution in [3.63, 3.8) is 0 Å². The van der Waals surface area contributed by atoms with Crippen LogP contribution in [0.15, 0.2) is 52.9 Å². The highest BCUT2D eigenvalue weighted by Crippen LogP contribution is 2.29. The van der Waals surface area contributed by atoms with E-state index in [1.54, 1.807) is 11.3 Å². The van der Waals surface area contributed by atoms with Crippen LogP contribution in [0.1, 0.15) is 16.8 Å². The van der Waals surface area contributed by atoms with E-state index < -0.39 is 12.0 Å². The first-order chi connectivity index (χ1) is 13.1. The maximum atomic E-state index is 10.8. The fraction of sp³-hybridized carbons (Fsp3) is 0.158. The Morgan fingerprint density at radius 3 is 2.67 bits per heavy atom. The van der Waals surface area contributed by atoms with E-state index in [1.807, 2.05) is 24.3 Å². The molecule has 4 rings (SSSR count). The van der Waals surface area contributed by atoms with E-state index in [0.29, 0.717) is 12.3 Å². The van der Waals surface area contributed by atoms with Crippen molar-refractivity contribution in [3.05, 3.63) is 65.3 Å². The lowest BCUT2D eigenvalue weighted by molar-refractivity contribution is -0.138. The van der Waals surface area contributed by atoms with Gasteiger partial charge in [-0.3, -0.25) is 4.79 Å². The minimum absolute atomic E-state index is 0.00259. The van der Waals surface area contributed by atoms with Crippen LogP contribution in [0.4, 0.5) is 0 Å². The van der Waals surface area contributed by atoms with E-state index in [4.69, 9.17) is 15.3 Å². The van der Waals surface area contributed by atoms with Crippen LogP contribution in [0.5, 0.6) is 0 Å². The van der Waals surface area contributed by atoms with Crippen molar-refractivity contribution >= 4 is 27.5 Å². The van der Waals surface area contributed by atoms with Gasteiger partial charge in [0.15, 0.2) is 0 Å². The van der Waals surface area contributed by atoms with Gasteiger partial charge >= 0.3 is 5.97 Å². The second-order valence-electron chi connectivity index (χ2n) is 6.07. The second-order valence-corrected chi connectivity index (χ2v) is 7.19. The van der Waals surface area contributed by atoms with Crippen molar-refractivity contribution in [2.24, 2.45) is 5.73 Å². The zero-order valence-corrected chi connectivity index (χ0v) is 15.0. The molecule has 8 heteroatoms. The third-order valence-corrected chi connectivity index (χ3v) is 5.08. The van der Waals surface area contributed by atoms with Gasteiger partial charge in [0.2, 0.25) is 11.8 Å². The van der Waals surface area contributed by atoms with Crippen molar-refractivity contribution < 1.29 is 14.3 Å². The van der Waals surface area contributed by atoms with Gasteiger partial charge in [0.05, 0.1) is 23.1 Å². The number of thiazole rings is 1. The number of aliphatic carboxylic acids is 1. The van der Waals surface area contributed by atoms with Gasteiger partial charge in [0.1, 0.15) is 11.0 Å². The van der Waals surface area contributed by atoms with Crippen LogP contribution in [0.2, 0.25) is 0 Å². The number of carboxylic acid groups (broad SMARTS) is 1. The van der Waals surface area contributed by atoms with Crippen LogP contribution in [0.25, 0.3) is 21.3 Å². The summed E-state index contributed by atoms with van der Waals surface area (Å²) in [6, 6.07) is 15.3. The standard InChI is InChI=1S/C19H16N4O3S/c20-13(19(24)25)9-16-22-23-17(26-16)10-18-21-14-7-6-12(8-15(14)27-18)11-4-2-1-3-5-11/h1-8,13H,9-10,20H2,(H,24,25). The van der Waals surface area contributed by atoms with Crippen molar-refractivity contribution in [2.75, 3.05) is 0 Å². The fourth-order valence-corrected chi connectivity index (χ4v) is 3.70. The number of hydrogen-bond acceptors (Lipinski definition) is 7. The topological polar surface area (TPSA) is 115 Å². The third-order valence-electron chi connectivity index (χ3n) is 4.06. The predicted molar refractivity (Wildman–Crippen MR) is 101 cm³/mol. The largest absolute Gasteiger partial charge is 0.480 e. The molecular formula is C19H16N4O3S. The molecule has 0 aliphatic heterocycles. The molecule has 2 aromatic heterocycles. The zero-order chi connectivity index (χ0) is 18.8. The van der Waals surface area contributed by atoms with Gasteiger partial charge in [0.25, 0.3) is 0 Å². The van der Waals surface area contributed by atoms with Crippen molar-refractivity contribution in [2.45, 2.75) is 18.9 Å². The number of carboxylic acids is 1. The Labute approximate surface area is 158 Å². The molecule has 4 aromatic rings. The number of fused-ring (bicyclic) bond motifs is 1. The quantitative estimate of drug-likeness (QED) is 0.528. The van der Waals surface area contributed by atoms with E-state index in [9.17, 15) is 4.79 Å². The van der Waals surface area contributed by atoms with Crippen molar-refractivity contribution in [1.29, 1.82) is 0 Å². The lowest BCUT2D eigenvalue weighted by Gasteiger charge is -2.00. The summed E-state index contributed by atoms with van der Waals surface area (Å²) >= 11 is 1.57. The molecule has 0 spiro atoms. The number of carbonyl (C=O) groups is 1. The van der Waals surface area contributed by atoms with Crippen LogP contribution in [-0.4, -0.2) is 32.3 Å². The Balaban J connectivity index is 1.53. The molecule has 0 radical (unpaired) electrons. The summed E-state index contributed by atoms with van der Waals surface area (Å²) in [6.45, 7) is 0. The molecule has 2 aromatic carbocycles. The first-order valence-electron chi connectivity index (χ1n) is 8.33. The number of hydrogen-bond donors (Lipinski definition) is 2. The molecule has 2 heterocycles. The Bertz CT molecular complexity index is 1090. The van der Waals surface area contributed by atoms with E-state index in [-0.39, 0.29) is 12.3 Å². The fourth-order valence-electron chi connectivity index (χ4n) is 2.71. The summed E-state index contributed by atoms with van der Waals surface area (Å²) in [5.74, 6) is -0.493. The molecule has 0 saturated carbocycles. The summed E-state index contributed by atoms with van der Waals surface area (Å²) in [4.78, 5) is 15.4. The molecule has 0 amide bonds. The molecule has 7 nitrogen and oxygen atoms in total. The predicted octanol–water partition coefficient (Wildman–Crippen LogP) is 2.89. The molecule has 0 bridgehead atoms. The van der Waals surface area contributed by atoms with Crippen LogP contribution >= 0.6 is 11.3 Å². The molecule has 0 saturated heterocycles. The van der Waals surface area contributed by atoms with Gasteiger partial charge in [-0.1, -0.05) is 36.4 Å². The highest BCUT2D eigenvalue weighted by molar-refractivity contribution is 7.18. The van der Waals surface area contributed by atoms with Crippen LogP contribution in [-0.2, 0) is 17.6 Å². The van der Waals surface area contributed by atoms with E-state index >= 15 is 0 Å². The summed E-state index contributed by atoms with van der Waals surface area (Å²) < 4.78 is 6.58. The molecule has 27 heavy (non-hydrogen) atoms. The number of nitrogens with two attached hydrogens (primary N) is 1. The highest BCUT2D eigenvalue weighted by Gasteiger charge is 2.17. The number of rotatable bonds is 6. The maximum Gasteiger partial charge on any atom is 0.321 e. The minimum atomic E-state index is -1.10. The molecule has 136 valence electrons. The normalized spacial score (nSPS) is 12.3.